The molecule has 128 valence electrons. The molecule has 1 aromatic carbocycles. The van der Waals surface area contributed by atoms with E-state index in [1.807, 2.05) is 0 Å². The van der Waals surface area contributed by atoms with Gasteiger partial charge in [0.25, 0.3) is 0 Å². The highest BCUT2D eigenvalue weighted by Gasteiger charge is 2.05. The van der Waals surface area contributed by atoms with Gasteiger partial charge in [-0.1, -0.05) is 17.6 Å². The smallest absolute Gasteiger partial charge is 0.243 e. The molecule has 0 heterocycles. The van der Waals surface area contributed by atoms with Gasteiger partial charge in [-0.05, 0) is 53.0 Å². The van der Waals surface area contributed by atoms with E-state index >= 15 is 0 Å². The van der Waals surface area contributed by atoms with Gasteiger partial charge >= 0.3 is 0 Å². The summed E-state index contributed by atoms with van der Waals surface area (Å²) in [5.41, 5.74) is 3.13. The summed E-state index contributed by atoms with van der Waals surface area (Å²) in [6.45, 7) is 1.21. The second-order valence-corrected chi connectivity index (χ2v) is 6.01. The molecule has 0 aliphatic heterocycles. The Bertz CT molecular complexity index is 537. The first kappa shape index (κ1) is 19.4. The normalized spacial score (nSPS) is 11.5. The van der Waals surface area contributed by atoms with E-state index in [1.165, 1.54) is 0 Å². The maximum atomic E-state index is 10.8. The Labute approximate surface area is 143 Å². The van der Waals surface area contributed by atoms with Crippen molar-refractivity contribution in [1.29, 1.82) is 0 Å². The maximum Gasteiger partial charge on any atom is 0.243 e. The van der Waals surface area contributed by atoms with Crippen LogP contribution in [-0.2, 0) is 11.2 Å². The lowest BCUT2D eigenvalue weighted by atomic mass is 10.1. The van der Waals surface area contributed by atoms with E-state index < -0.39 is 0 Å². The molecule has 0 saturated heterocycles. The summed E-state index contributed by atoms with van der Waals surface area (Å²) in [7, 11) is 0. The fourth-order valence-corrected chi connectivity index (χ4v) is 2.46. The molecule has 0 unspecified atom stereocenters. The molecule has 0 bridgehead atoms. The van der Waals surface area contributed by atoms with E-state index in [-0.39, 0.29) is 11.7 Å². The van der Waals surface area contributed by atoms with Crippen LogP contribution in [0.25, 0.3) is 0 Å². The molecule has 5 N–H and O–H groups in total. The number of hydroxylamine groups is 1. The quantitative estimate of drug-likeness (QED) is 0.139. The van der Waals surface area contributed by atoms with E-state index in [0.717, 1.165) is 31.4 Å². The zero-order valence-electron chi connectivity index (χ0n) is 12.8. The van der Waals surface area contributed by atoms with Gasteiger partial charge in [0, 0.05) is 19.4 Å². The lowest BCUT2D eigenvalue weighted by molar-refractivity contribution is -0.129. The molecule has 1 rings (SSSR count). The van der Waals surface area contributed by atoms with Crippen molar-refractivity contribution in [2.24, 2.45) is 5.16 Å². The number of carbonyl (C=O) groups excluding carboxylic acids is 1. The summed E-state index contributed by atoms with van der Waals surface area (Å²) in [6.07, 6.45) is 3.28. The second-order valence-electron chi connectivity index (χ2n) is 5.15. The SMILES string of the molecule is O=C(CCCCCNCC(Cc1ccc(O)c(Br)c1)=NO)NO. The van der Waals surface area contributed by atoms with Crippen LogP contribution in [0.5, 0.6) is 5.75 Å². The molecule has 7 nitrogen and oxygen atoms in total. The molecular weight excluding hydrogens is 366 g/mol. The predicted octanol–water partition coefficient (Wildman–Crippen LogP) is 2.18. The molecule has 23 heavy (non-hydrogen) atoms. The van der Waals surface area contributed by atoms with Crippen LogP contribution in [0.4, 0.5) is 0 Å². The number of halogens is 1. The molecule has 0 aliphatic carbocycles. The monoisotopic (exact) mass is 387 g/mol. The number of aromatic hydroxyl groups is 1. The fourth-order valence-electron chi connectivity index (χ4n) is 2.03. The van der Waals surface area contributed by atoms with Crippen molar-refractivity contribution in [3.05, 3.63) is 28.2 Å². The molecule has 0 spiro atoms. The van der Waals surface area contributed by atoms with E-state index in [4.69, 9.17) is 10.4 Å². The van der Waals surface area contributed by atoms with Crippen molar-refractivity contribution in [3.63, 3.8) is 0 Å². The number of rotatable bonds is 10. The lowest BCUT2D eigenvalue weighted by Gasteiger charge is -2.08. The molecule has 0 fully saturated rings. The van der Waals surface area contributed by atoms with Gasteiger partial charge in [-0.3, -0.25) is 10.0 Å². The number of unbranched alkanes of at least 4 members (excludes halogenated alkanes) is 2. The summed E-state index contributed by atoms with van der Waals surface area (Å²) < 4.78 is 0.604. The van der Waals surface area contributed by atoms with Gasteiger partial charge in [-0.15, -0.1) is 0 Å². The largest absolute Gasteiger partial charge is 0.507 e. The zero-order chi connectivity index (χ0) is 17.1. The van der Waals surface area contributed by atoms with Crippen LogP contribution in [0.2, 0.25) is 0 Å². The Morgan fingerprint density at radius 1 is 1.26 bits per heavy atom. The molecule has 0 saturated carbocycles. The first-order valence-electron chi connectivity index (χ1n) is 7.37. The molecule has 0 aliphatic rings. The van der Waals surface area contributed by atoms with Crippen molar-refractivity contribution in [2.45, 2.75) is 32.1 Å². The van der Waals surface area contributed by atoms with Gasteiger partial charge in [0.15, 0.2) is 0 Å². The Morgan fingerprint density at radius 3 is 2.70 bits per heavy atom. The fraction of sp³-hybridized carbons (Fsp3) is 0.467. The minimum absolute atomic E-state index is 0.171. The molecule has 0 atom stereocenters. The van der Waals surface area contributed by atoms with Gasteiger partial charge < -0.3 is 15.6 Å². The highest BCUT2D eigenvalue weighted by atomic mass is 79.9. The van der Waals surface area contributed by atoms with Gasteiger partial charge in [0.05, 0.1) is 10.2 Å². The molecule has 0 aromatic heterocycles. The van der Waals surface area contributed by atoms with Gasteiger partial charge in [-0.2, -0.15) is 0 Å². The van der Waals surface area contributed by atoms with Crippen LogP contribution in [0.1, 0.15) is 31.2 Å². The third-order valence-electron chi connectivity index (χ3n) is 3.27. The van der Waals surface area contributed by atoms with Gasteiger partial charge in [0.1, 0.15) is 5.75 Å². The summed E-state index contributed by atoms with van der Waals surface area (Å²) in [4.78, 5) is 10.8. The molecular formula is C15H22BrN3O4. The number of nitrogens with one attached hydrogen (secondary N) is 2. The van der Waals surface area contributed by atoms with Crippen molar-refractivity contribution < 1.29 is 20.3 Å². The number of amides is 1. The topological polar surface area (TPSA) is 114 Å². The minimum Gasteiger partial charge on any atom is -0.507 e. The first-order chi connectivity index (χ1) is 11.1. The lowest BCUT2D eigenvalue weighted by Crippen LogP contribution is -2.25. The summed E-state index contributed by atoms with van der Waals surface area (Å²) in [5, 5.41) is 33.3. The van der Waals surface area contributed by atoms with Gasteiger partial charge in [0.2, 0.25) is 5.91 Å². The number of oxime groups is 1. The van der Waals surface area contributed by atoms with Crippen LogP contribution in [0.15, 0.2) is 27.8 Å². The van der Waals surface area contributed by atoms with Crippen molar-refractivity contribution >= 4 is 27.5 Å². The second kappa shape index (κ2) is 11.0. The Hall–Kier alpha value is -1.64. The van der Waals surface area contributed by atoms with Crippen LogP contribution in [0.3, 0.4) is 0 Å². The molecule has 1 amide bonds. The summed E-state index contributed by atoms with van der Waals surface area (Å²) >= 11 is 3.25. The summed E-state index contributed by atoms with van der Waals surface area (Å²) in [6, 6.07) is 5.15. The van der Waals surface area contributed by atoms with E-state index in [9.17, 15) is 9.90 Å². The van der Waals surface area contributed by atoms with Crippen LogP contribution >= 0.6 is 15.9 Å². The maximum absolute atomic E-state index is 10.8. The number of carbonyl (C=O) groups is 1. The first-order valence-corrected chi connectivity index (χ1v) is 8.17. The number of phenolic OH excluding ortho intramolecular Hbond substituents is 1. The average molecular weight is 388 g/mol. The number of hydrogen-bond acceptors (Lipinski definition) is 6. The van der Waals surface area contributed by atoms with Crippen LogP contribution in [-0.4, -0.2) is 40.2 Å². The van der Waals surface area contributed by atoms with E-state index in [2.05, 4.69) is 26.4 Å². The Balaban J connectivity index is 2.22. The molecule has 0 radical (unpaired) electrons. The van der Waals surface area contributed by atoms with Gasteiger partial charge in [-0.25, -0.2) is 5.48 Å². The third kappa shape index (κ3) is 7.96. The number of nitrogens with zero attached hydrogens (tertiary/aromatic N) is 1. The summed E-state index contributed by atoms with van der Waals surface area (Å²) in [5.74, 6) is -0.197. The third-order valence-corrected chi connectivity index (χ3v) is 3.91. The highest BCUT2D eigenvalue weighted by molar-refractivity contribution is 9.10. The van der Waals surface area contributed by atoms with Crippen molar-refractivity contribution in [1.82, 2.24) is 10.8 Å². The van der Waals surface area contributed by atoms with E-state index in [1.54, 1.807) is 23.7 Å². The number of benzene rings is 1. The average Bonchev–Trinajstić information content (AvgIpc) is 2.55. The minimum atomic E-state index is -0.368. The number of hydrogen-bond donors (Lipinski definition) is 5. The van der Waals surface area contributed by atoms with Crippen LogP contribution < -0.4 is 10.8 Å². The molecule has 8 heteroatoms. The highest BCUT2D eigenvalue weighted by Crippen LogP contribution is 2.24. The predicted molar refractivity (Wildman–Crippen MR) is 90.0 cm³/mol. The standard InChI is InChI=1S/C15H22BrN3O4/c16-13-9-11(5-6-14(13)20)8-12(18-22)10-17-7-3-1-2-4-15(21)19-23/h5-6,9,17,20,22-23H,1-4,7-8,10H2,(H,19,21). The van der Waals surface area contributed by atoms with E-state index in [0.29, 0.717) is 29.6 Å². The Kier molecular flexibility index (Phi) is 9.27. The Morgan fingerprint density at radius 2 is 2.04 bits per heavy atom. The van der Waals surface area contributed by atoms with Crippen molar-refractivity contribution in [2.75, 3.05) is 13.1 Å². The van der Waals surface area contributed by atoms with Crippen molar-refractivity contribution in [3.8, 4) is 5.75 Å². The van der Waals surface area contributed by atoms with Crippen LogP contribution in [0, 0.1) is 0 Å². The number of phenols is 1. The molecule has 1 aromatic rings. The zero-order valence-corrected chi connectivity index (χ0v) is 14.3.